The van der Waals surface area contributed by atoms with E-state index in [1.165, 1.54) is 0 Å². The third-order valence-corrected chi connectivity index (χ3v) is 4.54. The zero-order valence-corrected chi connectivity index (χ0v) is 18.3. The van der Waals surface area contributed by atoms with Gasteiger partial charge in [-0.1, -0.05) is 12.1 Å². The first-order valence-corrected chi connectivity index (χ1v) is 9.99. The van der Waals surface area contributed by atoms with Gasteiger partial charge in [0.15, 0.2) is 0 Å². The molecule has 9 nitrogen and oxygen atoms in total. The average Bonchev–Trinajstić information content (AvgIpc) is 3.15. The average molecular weight is 525 g/mol. The van der Waals surface area contributed by atoms with Gasteiger partial charge in [0.2, 0.25) is 5.91 Å². The molecule has 2 aromatic heterocycles. The largest absolute Gasteiger partial charge is 0.490 e. The molecule has 1 aliphatic heterocycles. The molecule has 0 spiro atoms. The van der Waals surface area contributed by atoms with Crippen molar-refractivity contribution in [1.82, 2.24) is 14.9 Å². The van der Waals surface area contributed by atoms with Crippen LogP contribution >= 0.6 is 0 Å². The number of pyridine rings is 2. The van der Waals surface area contributed by atoms with E-state index in [4.69, 9.17) is 19.8 Å². The van der Waals surface area contributed by atoms with Crippen LogP contribution in [0, 0.1) is 0 Å². The highest BCUT2D eigenvalue weighted by atomic mass is 19.4. The van der Waals surface area contributed by atoms with Crippen molar-refractivity contribution in [3.05, 3.63) is 60.2 Å². The topological polar surface area (TPSA) is 141 Å². The fraction of sp³-hybridized carbons (Fsp3) is 0.381. The van der Waals surface area contributed by atoms with Crippen molar-refractivity contribution in [2.45, 2.75) is 43.8 Å². The summed E-state index contributed by atoms with van der Waals surface area (Å²) in [6.07, 6.45) is -3.92. The number of hydrogen-bond acceptors (Lipinski definition) is 6. The Kier molecular flexibility index (Phi) is 11.2. The van der Waals surface area contributed by atoms with Gasteiger partial charge in [0, 0.05) is 30.8 Å². The van der Waals surface area contributed by atoms with Crippen molar-refractivity contribution in [2.75, 3.05) is 6.54 Å². The van der Waals surface area contributed by atoms with E-state index in [2.05, 4.69) is 9.97 Å². The molecule has 3 heterocycles. The summed E-state index contributed by atoms with van der Waals surface area (Å²) in [6, 6.07) is 9.22. The molecule has 1 fully saturated rings. The van der Waals surface area contributed by atoms with Crippen LogP contribution in [0.2, 0.25) is 0 Å². The number of carboxylic acids is 2. The second kappa shape index (κ2) is 13.4. The maximum Gasteiger partial charge on any atom is 0.490 e. The van der Waals surface area contributed by atoms with E-state index in [0.717, 1.165) is 11.3 Å². The SMILES string of the molecule is O=C(Cc1ccccn1)N1CC[C@@H](O)[C@@H]1Cc1cccnc1.O=C(O)C(F)(F)F.O=C(O)C(F)(F)F. The van der Waals surface area contributed by atoms with Gasteiger partial charge < -0.3 is 20.2 Å². The number of carbonyl (C=O) groups excluding carboxylic acids is 1. The Morgan fingerprint density at radius 1 is 0.944 bits per heavy atom. The standard InChI is InChI=1S/C17H19N3O2.2C2HF3O2/c21-16-6-9-20(15(16)10-13-4-3-7-18-12-13)17(22)11-14-5-1-2-8-19-14;2*3-2(4,5)1(6)7/h1-5,7-8,12,15-16,21H,6,9-11H2;2*(H,6,7)/t15-,16+;;/m0../s1. The lowest BCUT2D eigenvalue weighted by atomic mass is 10.0. The number of nitrogens with zero attached hydrogens (tertiary/aromatic N) is 3. The summed E-state index contributed by atoms with van der Waals surface area (Å²) in [5.41, 5.74) is 1.79. The molecule has 0 aliphatic carbocycles. The van der Waals surface area contributed by atoms with E-state index in [1.54, 1.807) is 23.5 Å². The number of halogens is 6. The second-order valence-corrected chi connectivity index (χ2v) is 7.18. The van der Waals surface area contributed by atoms with Gasteiger partial charge in [-0.05, 0) is 36.6 Å². The summed E-state index contributed by atoms with van der Waals surface area (Å²) < 4.78 is 63.5. The van der Waals surface area contributed by atoms with Crippen molar-refractivity contribution in [3.8, 4) is 0 Å². The Morgan fingerprint density at radius 3 is 1.97 bits per heavy atom. The molecule has 0 bridgehead atoms. The van der Waals surface area contributed by atoms with Gasteiger partial charge in [0.05, 0.1) is 18.6 Å². The van der Waals surface area contributed by atoms with Crippen LogP contribution < -0.4 is 0 Å². The molecule has 0 saturated carbocycles. The molecule has 0 aromatic carbocycles. The van der Waals surface area contributed by atoms with E-state index < -0.39 is 30.4 Å². The summed E-state index contributed by atoms with van der Waals surface area (Å²) in [6.45, 7) is 0.595. The number of aliphatic hydroxyl groups is 1. The molecule has 15 heteroatoms. The van der Waals surface area contributed by atoms with Crippen LogP contribution in [0.4, 0.5) is 26.3 Å². The van der Waals surface area contributed by atoms with Crippen LogP contribution in [-0.4, -0.2) is 79.1 Å². The highest BCUT2D eigenvalue weighted by Crippen LogP contribution is 2.22. The molecule has 3 N–H and O–H groups in total. The van der Waals surface area contributed by atoms with Crippen LogP contribution in [0.15, 0.2) is 48.9 Å². The fourth-order valence-electron chi connectivity index (χ4n) is 2.91. The Labute approximate surface area is 200 Å². The molecular formula is C21H21F6N3O6. The van der Waals surface area contributed by atoms with E-state index >= 15 is 0 Å². The molecule has 1 saturated heterocycles. The van der Waals surface area contributed by atoms with Gasteiger partial charge in [-0.2, -0.15) is 26.3 Å². The first kappa shape index (κ1) is 30.3. The first-order valence-electron chi connectivity index (χ1n) is 9.99. The minimum absolute atomic E-state index is 0.0177. The van der Waals surface area contributed by atoms with Crippen LogP contribution in [-0.2, 0) is 27.2 Å². The molecule has 36 heavy (non-hydrogen) atoms. The number of carboxylic acid groups (broad SMARTS) is 2. The molecule has 2 aromatic rings. The smallest absolute Gasteiger partial charge is 0.475 e. The minimum Gasteiger partial charge on any atom is -0.475 e. The quantitative estimate of drug-likeness (QED) is 0.518. The first-order chi connectivity index (χ1) is 16.6. The summed E-state index contributed by atoms with van der Waals surface area (Å²) in [4.78, 5) is 40.4. The summed E-state index contributed by atoms with van der Waals surface area (Å²) in [7, 11) is 0. The van der Waals surface area contributed by atoms with Crippen LogP contribution in [0.25, 0.3) is 0 Å². The lowest BCUT2D eigenvalue weighted by molar-refractivity contribution is -0.193. The van der Waals surface area contributed by atoms with E-state index in [1.807, 2.05) is 30.3 Å². The predicted molar refractivity (Wildman–Crippen MR) is 109 cm³/mol. The van der Waals surface area contributed by atoms with Gasteiger partial charge >= 0.3 is 24.3 Å². The number of carbonyl (C=O) groups is 3. The normalized spacial score (nSPS) is 17.2. The maximum atomic E-state index is 12.5. The van der Waals surface area contributed by atoms with Gasteiger partial charge in [-0.15, -0.1) is 0 Å². The number of amides is 1. The van der Waals surface area contributed by atoms with E-state index in [0.29, 0.717) is 19.4 Å². The molecule has 0 unspecified atom stereocenters. The maximum absolute atomic E-state index is 12.5. The third kappa shape index (κ3) is 10.7. The van der Waals surface area contributed by atoms with Crippen molar-refractivity contribution in [3.63, 3.8) is 0 Å². The van der Waals surface area contributed by atoms with Crippen LogP contribution in [0.1, 0.15) is 17.7 Å². The third-order valence-electron chi connectivity index (χ3n) is 4.54. The zero-order valence-electron chi connectivity index (χ0n) is 18.3. The fourth-order valence-corrected chi connectivity index (χ4v) is 2.91. The van der Waals surface area contributed by atoms with Crippen molar-refractivity contribution in [1.29, 1.82) is 0 Å². The van der Waals surface area contributed by atoms with Gasteiger partial charge in [0.25, 0.3) is 0 Å². The number of rotatable bonds is 4. The van der Waals surface area contributed by atoms with Crippen LogP contribution in [0.5, 0.6) is 0 Å². The van der Waals surface area contributed by atoms with Crippen molar-refractivity contribution >= 4 is 17.8 Å². The number of hydrogen-bond donors (Lipinski definition) is 3. The lowest BCUT2D eigenvalue weighted by Crippen LogP contribution is -2.41. The van der Waals surface area contributed by atoms with Crippen molar-refractivity contribution in [2.24, 2.45) is 0 Å². The molecule has 2 atom stereocenters. The second-order valence-electron chi connectivity index (χ2n) is 7.18. The highest BCUT2D eigenvalue weighted by Gasteiger charge is 2.39. The number of likely N-dealkylation sites (tertiary alicyclic amines) is 1. The predicted octanol–water partition coefficient (Wildman–Crippen LogP) is 2.49. The molecule has 1 aliphatic rings. The Hall–Kier alpha value is -3.75. The monoisotopic (exact) mass is 525 g/mol. The molecule has 1 amide bonds. The summed E-state index contributed by atoms with van der Waals surface area (Å²) >= 11 is 0. The lowest BCUT2D eigenvalue weighted by Gasteiger charge is -2.26. The summed E-state index contributed by atoms with van der Waals surface area (Å²) in [5, 5.41) is 24.5. The number of aliphatic hydroxyl groups excluding tert-OH is 1. The van der Waals surface area contributed by atoms with Gasteiger partial charge in [0.1, 0.15) is 0 Å². The van der Waals surface area contributed by atoms with Crippen molar-refractivity contribution < 1.29 is 56.0 Å². The van der Waals surface area contributed by atoms with E-state index in [-0.39, 0.29) is 18.4 Å². The molecule has 0 radical (unpaired) electrons. The number of alkyl halides is 6. The Balaban J connectivity index is 0.000000383. The zero-order chi connectivity index (χ0) is 27.5. The Morgan fingerprint density at radius 2 is 1.53 bits per heavy atom. The summed E-state index contributed by atoms with van der Waals surface area (Å²) in [5.74, 6) is -5.50. The number of aliphatic carboxylic acids is 2. The Bertz CT molecular complexity index is 965. The van der Waals surface area contributed by atoms with Gasteiger partial charge in [-0.3, -0.25) is 14.8 Å². The van der Waals surface area contributed by atoms with Crippen LogP contribution in [0.3, 0.4) is 0 Å². The molecule has 3 rings (SSSR count). The highest BCUT2D eigenvalue weighted by molar-refractivity contribution is 5.79. The number of aromatic nitrogens is 2. The molecular weight excluding hydrogens is 504 g/mol. The van der Waals surface area contributed by atoms with Gasteiger partial charge in [-0.25, -0.2) is 9.59 Å². The van der Waals surface area contributed by atoms with E-state index in [9.17, 15) is 36.2 Å². The minimum atomic E-state index is -5.08. The molecule has 198 valence electrons.